The number of hydrogen-bond acceptors (Lipinski definition) is 1. The molecule has 1 N–H and O–H groups in total. The molecular weight excluding hydrogens is 360 g/mol. The van der Waals surface area contributed by atoms with Crippen LogP contribution in [0.3, 0.4) is 0 Å². The van der Waals surface area contributed by atoms with Crippen molar-refractivity contribution in [1.29, 1.82) is 0 Å². The summed E-state index contributed by atoms with van der Waals surface area (Å²) in [6, 6.07) is 2.12. The summed E-state index contributed by atoms with van der Waals surface area (Å²) in [6.45, 7) is 2.28. The quantitative estimate of drug-likeness (QED) is 0.805. The van der Waals surface area contributed by atoms with E-state index in [1.165, 1.54) is 0 Å². The molecule has 0 radical (unpaired) electrons. The lowest BCUT2D eigenvalue weighted by Gasteiger charge is -2.08. The molecule has 0 aliphatic rings. The smallest absolute Gasteiger partial charge is 0.257 e. The predicted molar refractivity (Wildman–Crippen MR) is 69.4 cm³/mol. The minimum absolute atomic E-state index is 0.238. The van der Waals surface area contributed by atoms with Crippen LogP contribution in [0.25, 0.3) is 0 Å². The van der Waals surface area contributed by atoms with Gasteiger partial charge in [0.2, 0.25) is 0 Å². The number of halogens is 4. The standard InChI is InChI=1S/C11H11Br2F2NO/c1-6(12)2-3-16-11(17)10-8(14)4-7(13)5-9(10)15/h4-6H,2-3H2,1H3,(H,16,17). The number of alkyl halides is 1. The van der Waals surface area contributed by atoms with Crippen molar-refractivity contribution < 1.29 is 13.6 Å². The summed E-state index contributed by atoms with van der Waals surface area (Å²) in [5.41, 5.74) is -0.546. The molecule has 1 aromatic rings. The van der Waals surface area contributed by atoms with Crippen molar-refractivity contribution in [3.63, 3.8) is 0 Å². The Balaban J connectivity index is 2.76. The highest BCUT2D eigenvalue weighted by molar-refractivity contribution is 9.10. The summed E-state index contributed by atoms with van der Waals surface area (Å²) >= 11 is 6.26. The van der Waals surface area contributed by atoms with Gasteiger partial charge in [0, 0.05) is 15.8 Å². The van der Waals surface area contributed by atoms with Crippen molar-refractivity contribution in [2.45, 2.75) is 18.2 Å². The molecule has 0 spiro atoms. The molecule has 1 amide bonds. The zero-order valence-electron chi connectivity index (χ0n) is 9.07. The van der Waals surface area contributed by atoms with Crippen LogP contribution in [-0.2, 0) is 0 Å². The van der Waals surface area contributed by atoms with Crippen LogP contribution in [0.1, 0.15) is 23.7 Å². The molecule has 0 bridgehead atoms. The van der Waals surface area contributed by atoms with Gasteiger partial charge in [0.15, 0.2) is 0 Å². The van der Waals surface area contributed by atoms with Gasteiger partial charge in [-0.05, 0) is 18.6 Å². The van der Waals surface area contributed by atoms with Crippen molar-refractivity contribution in [1.82, 2.24) is 5.32 Å². The predicted octanol–water partition coefficient (Wildman–Crippen LogP) is 3.63. The molecule has 0 fully saturated rings. The van der Waals surface area contributed by atoms with Gasteiger partial charge in [-0.15, -0.1) is 0 Å². The Morgan fingerprint density at radius 1 is 1.41 bits per heavy atom. The first-order valence-electron chi connectivity index (χ1n) is 4.98. The first-order valence-corrected chi connectivity index (χ1v) is 6.69. The van der Waals surface area contributed by atoms with Crippen molar-refractivity contribution in [2.24, 2.45) is 0 Å². The Kier molecular flexibility index (Phi) is 5.52. The van der Waals surface area contributed by atoms with Gasteiger partial charge in [0.25, 0.3) is 5.91 Å². The monoisotopic (exact) mass is 369 g/mol. The molecule has 17 heavy (non-hydrogen) atoms. The molecule has 2 nitrogen and oxygen atoms in total. The second kappa shape index (κ2) is 6.44. The highest BCUT2D eigenvalue weighted by Gasteiger charge is 2.17. The summed E-state index contributed by atoms with van der Waals surface area (Å²) in [4.78, 5) is 11.8. The third kappa shape index (κ3) is 4.35. The van der Waals surface area contributed by atoms with E-state index in [2.05, 4.69) is 37.2 Å². The Bertz CT molecular complexity index is 401. The van der Waals surface area contributed by atoms with E-state index in [0.29, 0.717) is 13.0 Å². The highest BCUT2D eigenvalue weighted by atomic mass is 79.9. The number of carbonyl (C=O) groups excluding carboxylic acids is 1. The number of hydrogen-bond donors (Lipinski definition) is 1. The van der Waals surface area contributed by atoms with Crippen LogP contribution in [0.15, 0.2) is 16.6 Å². The average molecular weight is 371 g/mol. The lowest BCUT2D eigenvalue weighted by atomic mass is 10.2. The number of rotatable bonds is 4. The molecule has 6 heteroatoms. The number of amides is 1. The van der Waals surface area contributed by atoms with Crippen LogP contribution in [0.4, 0.5) is 8.78 Å². The summed E-state index contributed by atoms with van der Waals surface area (Å²) in [5.74, 6) is -2.48. The number of carbonyl (C=O) groups is 1. The molecule has 1 aromatic carbocycles. The molecule has 1 atom stereocenters. The zero-order chi connectivity index (χ0) is 13.0. The average Bonchev–Trinajstić information content (AvgIpc) is 2.14. The van der Waals surface area contributed by atoms with Gasteiger partial charge in [0.1, 0.15) is 17.2 Å². The van der Waals surface area contributed by atoms with Crippen LogP contribution >= 0.6 is 31.9 Å². The third-order valence-corrected chi connectivity index (χ3v) is 2.98. The topological polar surface area (TPSA) is 29.1 Å². The van der Waals surface area contributed by atoms with E-state index >= 15 is 0 Å². The van der Waals surface area contributed by atoms with E-state index < -0.39 is 23.1 Å². The molecule has 0 aliphatic heterocycles. The largest absolute Gasteiger partial charge is 0.352 e. The van der Waals surface area contributed by atoms with Crippen LogP contribution in [0.2, 0.25) is 0 Å². The second-order valence-corrected chi connectivity index (χ2v) is 6.05. The fourth-order valence-corrected chi connectivity index (χ4v) is 1.86. The van der Waals surface area contributed by atoms with E-state index in [9.17, 15) is 13.6 Å². The maximum atomic E-state index is 13.4. The van der Waals surface area contributed by atoms with E-state index in [4.69, 9.17) is 0 Å². The van der Waals surface area contributed by atoms with E-state index in [1.807, 2.05) is 6.92 Å². The molecule has 0 aromatic heterocycles. The summed E-state index contributed by atoms with van der Waals surface area (Å²) < 4.78 is 27.1. The van der Waals surface area contributed by atoms with Crippen molar-refractivity contribution in [3.8, 4) is 0 Å². The minimum atomic E-state index is -0.874. The molecule has 0 saturated heterocycles. The lowest BCUT2D eigenvalue weighted by Crippen LogP contribution is -2.27. The summed E-state index contributed by atoms with van der Waals surface area (Å²) in [5, 5.41) is 2.47. The van der Waals surface area contributed by atoms with E-state index in [0.717, 1.165) is 12.1 Å². The first-order chi connectivity index (χ1) is 7.91. The molecule has 94 valence electrons. The molecule has 0 aliphatic carbocycles. The fourth-order valence-electron chi connectivity index (χ4n) is 1.23. The van der Waals surface area contributed by atoms with Crippen molar-refractivity contribution >= 4 is 37.8 Å². The normalized spacial score (nSPS) is 12.3. The Morgan fingerprint density at radius 2 is 1.94 bits per heavy atom. The number of nitrogens with one attached hydrogen (secondary N) is 1. The SMILES string of the molecule is CC(Br)CCNC(=O)c1c(F)cc(Br)cc1F. The van der Waals surface area contributed by atoms with Crippen molar-refractivity contribution in [3.05, 3.63) is 33.8 Å². The minimum Gasteiger partial charge on any atom is -0.352 e. The van der Waals surface area contributed by atoms with E-state index in [1.54, 1.807) is 0 Å². The molecule has 0 heterocycles. The van der Waals surface area contributed by atoms with Crippen LogP contribution in [-0.4, -0.2) is 17.3 Å². The summed E-state index contributed by atoms with van der Waals surface area (Å²) in [7, 11) is 0. The molecule has 0 saturated carbocycles. The van der Waals surface area contributed by atoms with Gasteiger partial charge in [-0.25, -0.2) is 8.78 Å². The van der Waals surface area contributed by atoms with Gasteiger partial charge in [0.05, 0.1) is 0 Å². The fraction of sp³-hybridized carbons (Fsp3) is 0.364. The first kappa shape index (κ1) is 14.6. The van der Waals surface area contributed by atoms with Gasteiger partial charge in [-0.1, -0.05) is 38.8 Å². The molecular formula is C11H11Br2F2NO. The van der Waals surface area contributed by atoms with E-state index in [-0.39, 0.29) is 9.30 Å². The van der Waals surface area contributed by atoms with Crippen LogP contribution in [0, 0.1) is 11.6 Å². The number of benzene rings is 1. The van der Waals surface area contributed by atoms with Crippen molar-refractivity contribution in [2.75, 3.05) is 6.54 Å². The van der Waals surface area contributed by atoms with Gasteiger partial charge < -0.3 is 5.32 Å². The summed E-state index contributed by atoms with van der Waals surface area (Å²) in [6.07, 6.45) is 0.686. The maximum Gasteiger partial charge on any atom is 0.257 e. The second-order valence-electron chi connectivity index (χ2n) is 3.57. The molecule has 1 unspecified atom stereocenters. The third-order valence-electron chi connectivity index (χ3n) is 2.06. The van der Waals surface area contributed by atoms with Crippen LogP contribution < -0.4 is 5.32 Å². The zero-order valence-corrected chi connectivity index (χ0v) is 12.2. The van der Waals surface area contributed by atoms with Gasteiger partial charge in [-0.3, -0.25) is 4.79 Å². The Morgan fingerprint density at radius 3 is 2.41 bits per heavy atom. The lowest BCUT2D eigenvalue weighted by molar-refractivity contribution is 0.0945. The Hall–Kier alpha value is -0.490. The van der Waals surface area contributed by atoms with Gasteiger partial charge >= 0.3 is 0 Å². The Labute approximate surface area is 115 Å². The molecule has 1 rings (SSSR count). The van der Waals surface area contributed by atoms with Gasteiger partial charge in [-0.2, -0.15) is 0 Å². The highest BCUT2D eigenvalue weighted by Crippen LogP contribution is 2.19. The van der Waals surface area contributed by atoms with Crippen LogP contribution in [0.5, 0.6) is 0 Å². The maximum absolute atomic E-state index is 13.4.